The first-order chi connectivity index (χ1) is 6.40. The average molecular weight is 256 g/mol. The molecule has 0 atom stereocenters. The molecule has 0 saturated heterocycles. The molecule has 0 unspecified atom stereocenters. The van der Waals surface area contributed by atoms with E-state index in [1.54, 1.807) is 0 Å². The van der Waals surface area contributed by atoms with Gasteiger partial charge in [-0.2, -0.15) is 0 Å². The molecule has 1 aromatic heterocycles. The molecule has 9 heteroatoms. The lowest BCUT2D eigenvalue weighted by atomic mass is 10.4. The third-order valence-electron chi connectivity index (χ3n) is 1.22. The fourth-order valence-electron chi connectivity index (χ4n) is 0.754. The van der Waals surface area contributed by atoms with Gasteiger partial charge in [0, 0.05) is 12.3 Å². The second kappa shape index (κ2) is 4.13. The SMILES string of the molecule is O=[N+]([O-])c1cccnc1NP(=O)(Cl)Cl. The third kappa shape index (κ3) is 3.14. The van der Waals surface area contributed by atoms with Gasteiger partial charge in [0.1, 0.15) is 0 Å². The molecule has 0 fully saturated rings. The van der Waals surface area contributed by atoms with Crippen molar-refractivity contribution < 1.29 is 9.49 Å². The van der Waals surface area contributed by atoms with Gasteiger partial charge in [-0.25, -0.2) is 4.98 Å². The maximum absolute atomic E-state index is 10.9. The summed E-state index contributed by atoms with van der Waals surface area (Å²) in [5.41, 5.74) is -0.339. The number of hydrogen-bond acceptors (Lipinski definition) is 4. The maximum Gasteiger partial charge on any atom is 0.344 e. The Hall–Kier alpha value is -0.840. The van der Waals surface area contributed by atoms with Crippen LogP contribution < -0.4 is 5.09 Å². The van der Waals surface area contributed by atoms with E-state index in [0.29, 0.717) is 0 Å². The van der Waals surface area contributed by atoms with Crippen LogP contribution in [0.2, 0.25) is 0 Å². The van der Waals surface area contributed by atoms with Gasteiger partial charge in [0.05, 0.1) is 4.92 Å². The third-order valence-corrected chi connectivity index (χ3v) is 2.20. The van der Waals surface area contributed by atoms with E-state index in [2.05, 4.69) is 10.1 Å². The van der Waals surface area contributed by atoms with Crippen molar-refractivity contribution >= 4 is 40.0 Å². The van der Waals surface area contributed by atoms with Crippen LogP contribution in [-0.2, 0) is 4.57 Å². The summed E-state index contributed by atoms with van der Waals surface area (Å²) >= 11 is 10.4. The Labute approximate surface area is 88.4 Å². The lowest BCUT2D eigenvalue weighted by molar-refractivity contribution is -0.384. The Morgan fingerprint density at radius 2 is 2.21 bits per heavy atom. The largest absolute Gasteiger partial charge is 0.344 e. The normalized spacial score (nSPS) is 11.0. The van der Waals surface area contributed by atoms with E-state index in [-0.39, 0.29) is 11.5 Å². The van der Waals surface area contributed by atoms with Crippen molar-refractivity contribution in [3.05, 3.63) is 28.4 Å². The van der Waals surface area contributed by atoms with Crippen molar-refractivity contribution in [2.75, 3.05) is 5.09 Å². The molecule has 6 nitrogen and oxygen atoms in total. The highest BCUT2D eigenvalue weighted by molar-refractivity contribution is 8.09. The summed E-state index contributed by atoms with van der Waals surface area (Å²) in [6.45, 7) is 0. The van der Waals surface area contributed by atoms with Gasteiger partial charge in [0.25, 0.3) is 0 Å². The zero-order valence-corrected chi connectivity index (χ0v) is 8.96. The number of anilines is 1. The zero-order valence-electron chi connectivity index (χ0n) is 6.55. The summed E-state index contributed by atoms with van der Waals surface area (Å²) in [6, 6.07) is 2.56. The number of aromatic nitrogens is 1. The molecule has 0 saturated carbocycles. The molecule has 0 aliphatic rings. The molecule has 14 heavy (non-hydrogen) atoms. The van der Waals surface area contributed by atoms with Crippen LogP contribution >= 0.6 is 28.5 Å². The van der Waals surface area contributed by atoms with Crippen LogP contribution in [0.25, 0.3) is 0 Å². The van der Waals surface area contributed by atoms with Crippen LogP contribution in [0.5, 0.6) is 0 Å². The van der Waals surface area contributed by atoms with Crippen molar-refractivity contribution in [3.63, 3.8) is 0 Å². The highest BCUT2D eigenvalue weighted by atomic mass is 35.9. The van der Waals surface area contributed by atoms with Crippen LogP contribution in [0.4, 0.5) is 11.5 Å². The van der Waals surface area contributed by atoms with Gasteiger partial charge in [-0.3, -0.25) is 19.8 Å². The summed E-state index contributed by atoms with van der Waals surface area (Å²) in [5, 5.41) is 12.5. The van der Waals surface area contributed by atoms with E-state index in [1.165, 1.54) is 18.3 Å². The number of nitrogens with one attached hydrogen (secondary N) is 1. The molecule has 1 rings (SSSR count). The molecule has 1 aromatic rings. The summed E-state index contributed by atoms with van der Waals surface area (Å²) in [5.74, 6) is -3.84. The van der Waals surface area contributed by atoms with Crippen molar-refractivity contribution in [2.24, 2.45) is 0 Å². The number of pyridine rings is 1. The molecule has 0 aliphatic heterocycles. The van der Waals surface area contributed by atoms with Gasteiger partial charge in [0.2, 0.25) is 5.82 Å². The fourth-order valence-corrected chi connectivity index (χ4v) is 1.65. The highest BCUT2D eigenvalue weighted by Gasteiger charge is 2.21. The van der Waals surface area contributed by atoms with Crippen molar-refractivity contribution in [3.8, 4) is 0 Å². The smallest absolute Gasteiger partial charge is 0.291 e. The quantitative estimate of drug-likeness (QED) is 0.510. The van der Waals surface area contributed by atoms with E-state index < -0.39 is 10.9 Å². The highest BCUT2D eigenvalue weighted by Crippen LogP contribution is 2.56. The molecule has 0 aliphatic carbocycles. The number of nitrogens with zero attached hydrogens (tertiary/aromatic N) is 2. The number of rotatable bonds is 3. The van der Waals surface area contributed by atoms with Crippen molar-refractivity contribution in [2.45, 2.75) is 0 Å². The molecule has 0 aromatic carbocycles. The molecule has 0 radical (unpaired) electrons. The number of halogens is 2. The van der Waals surface area contributed by atoms with E-state index in [0.717, 1.165) is 0 Å². The zero-order chi connectivity index (χ0) is 10.8. The van der Waals surface area contributed by atoms with Gasteiger partial charge >= 0.3 is 11.7 Å². The van der Waals surface area contributed by atoms with Gasteiger partial charge in [-0.1, -0.05) is 0 Å². The predicted molar refractivity (Wildman–Crippen MR) is 53.8 cm³/mol. The van der Waals surface area contributed by atoms with E-state index in [4.69, 9.17) is 22.5 Å². The molecule has 1 heterocycles. The molecular weight excluding hydrogens is 252 g/mol. The van der Waals surface area contributed by atoms with E-state index >= 15 is 0 Å². The average Bonchev–Trinajstić information content (AvgIpc) is 2.01. The molecule has 1 N–H and O–H groups in total. The van der Waals surface area contributed by atoms with Crippen molar-refractivity contribution in [1.82, 2.24) is 4.98 Å². The van der Waals surface area contributed by atoms with E-state index in [1.807, 2.05) is 0 Å². The topological polar surface area (TPSA) is 85.1 Å². The Kier molecular flexibility index (Phi) is 3.31. The van der Waals surface area contributed by atoms with Gasteiger partial charge in [-0.05, 0) is 28.5 Å². The minimum absolute atomic E-state index is 0.217. The lowest BCUT2D eigenvalue weighted by Crippen LogP contribution is -1.97. The van der Waals surface area contributed by atoms with Gasteiger partial charge in [0.15, 0.2) is 0 Å². The van der Waals surface area contributed by atoms with Gasteiger partial charge in [-0.15, -0.1) is 0 Å². The maximum atomic E-state index is 10.9. The first-order valence-corrected chi connectivity index (χ1v) is 6.79. The Morgan fingerprint density at radius 3 is 2.71 bits per heavy atom. The fraction of sp³-hybridized carbons (Fsp3) is 0. The molecular formula is C5H4Cl2N3O3P. The first kappa shape index (κ1) is 11.2. The lowest BCUT2D eigenvalue weighted by Gasteiger charge is -2.04. The van der Waals surface area contributed by atoms with Crippen LogP contribution in [-0.4, -0.2) is 9.91 Å². The standard InChI is InChI=1S/C5H4Cl2N3O3P/c6-14(7,13)9-5-4(10(11)12)2-1-3-8-5/h1-3H,(H,8,9,13). The van der Waals surface area contributed by atoms with Gasteiger partial charge < -0.3 is 0 Å². The summed E-state index contributed by atoms with van der Waals surface area (Å²) in [6.07, 6.45) is 1.29. The summed E-state index contributed by atoms with van der Waals surface area (Å²) < 4.78 is 10.9. The number of nitro groups is 1. The second-order valence-electron chi connectivity index (χ2n) is 2.20. The van der Waals surface area contributed by atoms with Crippen LogP contribution in [0, 0.1) is 10.1 Å². The molecule has 76 valence electrons. The van der Waals surface area contributed by atoms with Crippen LogP contribution in [0.1, 0.15) is 0 Å². The second-order valence-corrected chi connectivity index (χ2v) is 6.73. The Balaban J connectivity index is 3.08. The molecule has 0 amide bonds. The predicted octanol–water partition coefficient (Wildman–Crippen LogP) is 2.99. The van der Waals surface area contributed by atoms with Crippen molar-refractivity contribution in [1.29, 1.82) is 0 Å². The minimum atomic E-state index is -3.63. The Morgan fingerprint density at radius 1 is 1.57 bits per heavy atom. The molecule has 0 spiro atoms. The van der Waals surface area contributed by atoms with Crippen LogP contribution in [0.15, 0.2) is 18.3 Å². The first-order valence-electron chi connectivity index (χ1n) is 3.27. The minimum Gasteiger partial charge on any atom is -0.291 e. The summed E-state index contributed by atoms with van der Waals surface area (Å²) in [4.78, 5) is 13.4. The monoisotopic (exact) mass is 255 g/mol. The number of hydrogen-bond donors (Lipinski definition) is 1. The summed E-state index contributed by atoms with van der Waals surface area (Å²) in [7, 11) is 0. The molecule has 0 bridgehead atoms. The Bertz CT molecular complexity index is 407. The van der Waals surface area contributed by atoms with Crippen LogP contribution in [0.3, 0.4) is 0 Å². The van der Waals surface area contributed by atoms with E-state index in [9.17, 15) is 14.7 Å².